The van der Waals surface area contributed by atoms with Crippen molar-refractivity contribution in [3.05, 3.63) is 0 Å². The highest BCUT2D eigenvalue weighted by atomic mass is 16.6. The molecule has 1 saturated heterocycles. The van der Waals surface area contributed by atoms with E-state index in [1.807, 2.05) is 20.8 Å². The normalized spacial score (nSPS) is 19.2. The van der Waals surface area contributed by atoms with Gasteiger partial charge >= 0.3 is 6.09 Å². The molecule has 0 aromatic rings. The molecule has 0 aromatic heterocycles. The van der Waals surface area contributed by atoms with E-state index in [0.29, 0.717) is 13.1 Å². The lowest BCUT2D eigenvalue weighted by molar-refractivity contribution is -0.103. The Kier molecular flexibility index (Phi) is 3.84. The Hall–Kier alpha value is -0.770. The predicted molar refractivity (Wildman–Crippen MR) is 62.3 cm³/mol. The minimum Gasteiger partial charge on any atom is -0.444 e. The molecule has 0 saturated carbocycles. The molecule has 4 heteroatoms. The zero-order valence-corrected chi connectivity index (χ0v) is 10.7. The molecule has 1 amide bonds. The third-order valence-corrected chi connectivity index (χ3v) is 2.62. The van der Waals surface area contributed by atoms with Crippen LogP contribution in [0.15, 0.2) is 0 Å². The number of hydrogen-bond acceptors (Lipinski definition) is 3. The first-order valence-electron chi connectivity index (χ1n) is 5.96. The summed E-state index contributed by atoms with van der Waals surface area (Å²) in [5.74, 6) is 0. The quantitative estimate of drug-likeness (QED) is 0.806. The maximum atomic E-state index is 11.6. The van der Waals surface area contributed by atoms with Crippen LogP contribution in [0.5, 0.6) is 0 Å². The number of hydrogen-bond donors (Lipinski definition) is 1. The van der Waals surface area contributed by atoms with Crippen molar-refractivity contribution < 1.29 is 14.6 Å². The molecule has 1 aliphatic rings. The summed E-state index contributed by atoms with van der Waals surface area (Å²) in [7, 11) is 0. The first-order valence-corrected chi connectivity index (χ1v) is 5.96. The summed E-state index contributed by atoms with van der Waals surface area (Å²) in [5.41, 5.74) is -1.14. The summed E-state index contributed by atoms with van der Waals surface area (Å²) >= 11 is 0. The number of amides is 1. The van der Waals surface area contributed by atoms with Gasteiger partial charge in [-0.1, -0.05) is 19.8 Å². The molecule has 16 heavy (non-hydrogen) atoms. The predicted octanol–water partition coefficient (Wildman–Crippen LogP) is 2.16. The second-order valence-corrected chi connectivity index (χ2v) is 5.66. The Balaban J connectivity index is 2.32. The summed E-state index contributed by atoms with van der Waals surface area (Å²) in [6.07, 6.45) is 2.50. The third kappa shape index (κ3) is 3.67. The molecule has 1 N–H and O–H groups in total. The summed E-state index contributed by atoms with van der Waals surface area (Å²) in [5, 5.41) is 10.0. The molecule has 4 nitrogen and oxygen atoms in total. The highest BCUT2D eigenvalue weighted by Crippen LogP contribution is 2.27. The van der Waals surface area contributed by atoms with Crippen LogP contribution in [-0.4, -0.2) is 40.4 Å². The second kappa shape index (κ2) is 4.62. The van der Waals surface area contributed by atoms with Crippen LogP contribution < -0.4 is 0 Å². The van der Waals surface area contributed by atoms with E-state index in [1.54, 1.807) is 4.90 Å². The summed E-state index contributed by atoms with van der Waals surface area (Å²) in [6.45, 7) is 8.42. The molecule has 0 spiro atoms. The van der Waals surface area contributed by atoms with Gasteiger partial charge in [0.25, 0.3) is 0 Å². The van der Waals surface area contributed by atoms with Gasteiger partial charge in [-0.3, -0.25) is 0 Å². The topological polar surface area (TPSA) is 49.8 Å². The molecule has 1 rings (SSSR count). The maximum absolute atomic E-state index is 11.6. The van der Waals surface area contributed by atoms with Crippen LogP contribution >= 0.6 is 0 Å². The number of likely N-dealkylation sites (tertiary alicyclic amines) is 1. The Morgan fingerprint density at radius 1 is 1.44 bits per heavy atom. The van der Waals surface area contributed by atoms with Gasteiger partial charge in [-0.05, 0) is 27.2 Å². The fraction of sp³-hybridized carbons (Fsp3) is 0.917. The maximum Gasteiger partial charge on any atom is 0.410 e. The lowest BCUT2D eigenvalue weighted by Crippen LogP contribution is -2.63. The van der Waals surface area contributed by atoms with Gasteiger partial charge in [-0.25, -0.2) is 4.79 Å². The van der Waals surface area contributed by atoms with E-state index in [9.17, 15) is 9.90 Å². The van der Waals surface area contributed by atoms with E-state index >= 15 is 0 Å². The number of β-amino-alcohol motifs (C(OH)–C–C–N with tert-alkyl or cyclic N) is 1. The van der Waals surface area contributed by atoms with E-state index in [2.05, 4.69) is 6.92 Å². The Bertz CT molecular complexity index is 251. The molecule has 0 radical (unpaired) electrons. The smallest absolute Gasteiger partial charge is 0.410 e. The minimum atomic E-state index is -0.674. The zero-order chi connectivity index (χ0) is 12.4. The van der Waals surface area contributed by atoms with Crippen molar-refractivity contribution in [2.45, 2.75) is 58.2 Å². The molecular formula is C12H23NO3. The number of ether oxygens (including phenoxy) is 1. The molecule has 0 unspecified atom stereocenters. The second-order valence-electron chi connectivity index (χ2n) is 5.66. The van der Waals surface area contributed by atoms with Crippen molar-refractivity contribution >= 4 is 6.09 Å². The van der Waals surface area contributed by atoms with Crippen molar-refractivity contribution in [1.29, 1.82) is 0 Å². The number of rotatable bonds is 3. The summed E-state index contributed by atoms with van der Waals surface area (Å²) in [6, 6.07) is 0. The average molecular weight is 229 g/mol. The van der Waals surface area contributed by atoms with Gasteiger partial charge in [0.2, 0.25) is 0 Å². The number of aliphatic hydroxyl groups is 1. The average Bonchev–Trinajstić information content (AvgIpc) is 2.07. The van der Waals surface area contributed by atoms with Crippen molar-refractivity contribution in [1.82, 2.24) is 4.90 Å². The largest absolute Gasteiger partial charge is 0.444 e. The van der Waals surface area contributed by atoms with Crippen LogP contribution in [0.3, 0.4) is 0 Å². The first-order chi connectivity index (χ1) is 7.26. The Morgan fingerprint density at radius 2 is 2.00 bits per heavy atom. The SMILES string of the molecule is CCCCC1(O)CN(C(=O)OC(C)(C)C)C1. The van der Waals surface area contributed by atoms with Crippen molar-refractivity contribution in [3.8, 4) is 0 Å². The molecule has 0 aliphatic carbocycles. The lowest BCUT2D eigenvalue weighted by Gasteiger charge is -2.46. The zero-order valence-electron chi connectivity index (χ0n) is 10.7. The number of nitrogens with zero attached hydrogens (tertiary/aromatic N) is 1. The number of carbonyl (C=O) groups excluding carboxylic acids is 1. The Labute approximate surface area is 97.6 Å². The van der Waals surface area contributed by atoms with Gasteiger partial charge in [0.15, 0.2) is 0 Å². The van der Waals surface area contributed by atoms with Crippen LogP contribution in [-0.2, 0) is 4.74 Å². The molecule has 0 bridgehead atoms. The van der Waals surface area contributed by atoms with Gasteiger partial charge in [0.1, 0.15) is 5.60 Å². The van der Waals surface area contributed by atoms with Crippen LogP contribution in [0.4, 0.5) is 4.79 Å². The van der Waals surface area contributed by atoms with Crippen LogP contribution in [0, 0.1) is 0 Å². The van der Waals surface area contributed by atoms with Gasteiger partial charge in [0, 0.05) is 0 Å². The van der Waals surface area contributed by atoms with E-state index in [1.165, 1.54) is 0 Å². The van der Waals surface area contributed by atoms with E-state index < -0.39 is 11.2 Å². The van der Waals surface area contributed by atoms with Crippen molar-refractivity contribution in [2.24, 2.45) is 0 Å². The fourth-order valence-electron chi connectivity index (χ4n) is 1.78. The lowest BCUT2D eigenvalue weighted by atomic mass is 9.89. The molecular weight excluding hydrogens is 206 g/mol. The Morgan fingerprint density at radius 3 is 2.44 bits per heavy atom. The molecule has 94 valence electrons. The molecule has 0 aromatic carbocycles. The summed E-state index contributed by atoms with van der Waals surface area (Å²) < 4.78 is 5.22. The van der Waals surface area contributed by atoms with Crippen LogP contribution in [0.1, 0.15) is 47.0 Å². The van der Waals surface area contributed by atoms with Crippen LogP contribution in [0.2, 0.25) is 0 Å². The van der Waals surface area contributed by atoms with E-state index in [4.69, 9.17) is 4.74 Å². The van der Waals surface area contributed by atoms with Crippen molar-refractivity contribution in [2.75, 3.05) is 13.1 Å². The third-order valence-electron chi connectivity index (χ3n) is 2.62. The highest BCUT2D eigenvalue weighted by Gasteiger charge is 2.44. The van der Waals surface area contributed by atoms with Gasteiger partial charge < -0.3 is 14.7 Å². The molecule has 1 aliphatic heterocycles. The number of unbranched alkanes of at least 4 members (excludes halogenated alkanes) is 1. The highest BCUT2D eigenvalue weighted by molar-refractivity contribution is 5.69. The van der Waals surface area contributed by atoms with E-state index in [0.717, 1.165) is 19.3 Å². The molecule has 1 fully saturated rings. The van der Waals surface area contributed by atoms with Gasteiger partial charge in [-0.2, -0.15) is 0 Å². The van der Waals surface area contributed by atoms with Crippen molar-refractivity contribution in [3.63, 3.8) is 0 Å². The van der Waals surface area contributed by atoms with E-state index in [-0.39, 0.29) is 6.09 Å². The van der Waals surface area contributed by atoms with Crippen LogP contribution in [0.25, 0.3) is 0 Å². The monoisotopic (exact) mass is 229 g/mol. The molecule has 1 heterocycles. The molecule has 0 atom stereocenters. The standard InChI is InChI=1S/C12H23NO3/c1-5-6-7-12(15)8-13(9-12)10(14)16-11(2,3)4/h15H,5-9H2,1-4H3. The van der Waals surface area contributed by atoms with Gasteiger partial charge in [0.05, 0.1) is 18.7 Å². The minimum absolute atomic E-state index is 0.325. The fourth-order valence-corrected chi connectivity index (χ4v) is 1.78. The summed E-state index contributed by atoms with van der Waals surface area (Å²) in [4.78, 5) is 13.2. The van der Waals surface area contributed by atoms with Gasteiger partial charge in [-0.15, -0.1) is 0 Å². The number of carbonyl (C=O) groups is 1. The first kappa shape index (κ1) is 13.3.